The molecule has 5 nitrogen and oxygen atoms in total. The van der Waals surface area contributed by atoms with Gasteiger partial charge in [0.1, 0.15) is 5.69 Å². The molecule has 0 aliphatic carbocycles. The van der Waals surface area contributed by atoms with E-state index < -0.39 is 11.9 Å². The molecule has 1 aromatic heterocycles. The molecule has 2 rings (SSSR count). The second-order valence-corrected chi connectivity index (χ2v) is 5.24. The van der Waals surface area contributed by atoms with Crippen LogP contribution in [-0.2, 0) is 11.0 Å². The van der Waals surface area contributed by atoms with E-state index in [2.05, 4.69) is 15.3 Å². The number of hydrogen-bond donors (Lipinski definition) is 1. The summed E-state index contributed by atoms with van der Waals surface area (Å²) >= 11 is 0. The first-order valence-electron chi connectivity index (χ1n) is 7.39. The van der Waals surface area contributed by atoms with Crippen LogP contribution in [0.3, 0.4) is 0 Å². The maximum atomic E-state index is 12.5. The van der Waals surface area contributed by atoms with Gasteiger partial charge in [-0.25, -0.2) is 9.97 Å². The van der Waals surface area contributed by atoms with Gasteiger partial charge in [0.2, 0.25) is 11.9 Å². The van der Waals surface area contributed by atoms with Gasteiger partial charge in [-0.05, 0) is 25.3 Å². The lowest BCUT2D eigenvalue weighted by atomic mass is 10.2. The number of carbonyl (C=O) groups is 1. The lowest BCUT2D eigenvalue weighted by Gasteiger charge is -2.20. The molecule has 8 heteroatoms. The normalized spacial score (nSPS) is 16.5. The topological polar surface area (TPSA) is 58.1 Å². The van der Waals surface area contributed by atoms with Crippen molar-refractivity contribution < 1.29 is 18.0 Å². The fourth-order valence-corrected chi connectivity index (χ4v) is 2.35. The van der Waals surface area contributed by atoms with Gasteiger partial charge < -0.3 is 10.2 Å². The van der Waals surface area contributed by atoms with Crippen molar-refractivity contribution in [1.82, 2.24) is 14.9 Å². The number of carbonyl (C=O) groups excluding carboxylic acids is 1. The van der Waals surface area contributed by atoms with Crippen molar-refractivity contribution >= 4 is 11.9 Å². The predicted molar refractivity (Wildman–Crippen MR) is 75.2 cm³/mol. The second kappa shape index (κ2) is 7.42. The maximum absolute atomic E-state index is 12.5. The number of likely N-dealkylation sites (tertiary alicyclic amines) is 1. The van der Waals surface area contributed by atoms with Gasteiger partial charge in [0.15, 0.2) is 0 Å². The fourth-order valence-electron chi connectivity index (χ4n) is 2.35. The Morgan fingerprint density at radius 3 is 2.86 bits per heavy atom. The minimum absolute atomic E-state index is 0.0444. The summed E-state index contributed by atoms with van der Waals surface area (Å²) in [4.78, 5) is 20.8. The molecule has 1 saturated heterocycles. The zero-order valence-electron chi connectivity index (χ0n) is 12.2. The van der Waals surface area contributed by atoms with E-state index in [1.54, 1.807) is 0 Å². The SMILES string of the molecule is O=C1CCCCCN1CCCNc1nccc(C(F)(F)F)n1. The number of rotatable bonds is 5. The molecule has 1 aliphatic rings. The van der Waals surface area contributed by atoms with Crippen LogP contribution >= 0.6 is 0 Å². The molecule has 0 atom stereocenters. The van der Waals surface area contributed by atoms with Gasteiger partial charge in [0, 0.05) is 32.3 Å². The lowest BCUT2D eigenvalue weighted by Crippen LogP contribution is -2.32. The second-order valence-electron chi connectivity index (χ2n) is 5.24. The number of hydrogen-bond acceptors (Lipinski definition) is 4. The first kappa shape index (κ1) is 16.5. The summed E-state index contributed by atoms with van der Waals surface area (Å²) in [5, 5.41) is 2.77. The van der Waals surface area contributed by atoms with Gasteiger partial charge in [-0.1, -0.05) is 6.42 Å². The van der Waals surface area contributed by atoms with Crippen LogP contribution in [0.1, 0.15) is 37.8 Å². The number of nitrogens with one attached hydrogen (secondary N) is 1. The minimum Gasteiger partial charge on any atom is -0.354 e. The van der Waals surface area contributed by atoms with E-state index in [0.717, 1.165) is 38.1 Å². The Balaban J connectivity index is 1.78. The van der Waals surface area contributed by atoms with Crippen molar-refractivity contribution in [3.63, 3.8) is 0 Å². The summed E-state index contributed by atoms with van der Waals surface area (Å²) in [6.45, 7) is 1.79. The van der Waals surface area contributed by atoms with E-state index >= 15 is 0 Å². The van der Waals surface area contributed by atoms with Crippen LogP contribution in [0.15, 0.2) is 12.3 Å². The van der Waals surface area contributed by atoms with Gasteiger partial charge >= 0.3 is 6.18 Å². The summed E-state index contributed by atoms with van der Waals surface area (Å²) in [6, 6.07) is 0.834. The zero-order valence-corrected chi connectivity index (χ0v) is 12.2. The molecular weight excluding hydrogens is 297 g/mol. The Bertz CT molecular complexity index is 507. The molecule has 1 aromatic rings. The van der Waals surface area contributed by atoms with E-state index in [1.807, 2.05) is 4.90 Å². The van der Waals surface area contributed by atoms with Crippen LogP contribution in [-0.4, -0.2) is 40.4 Å². The third-order valence-electron chi connectivity index (χ3n) is 3.51. The van der Waals surface area contributed by atoms with Crippen LogP contribution in [0.25, 0.3) is 0 Å². The smallest absolute Gasteiger partial charge is 0.354 e. The molecule has 1 amide bonds. The van der Waals surface area contributed by atoms with Gasteiger partial charge in [-0.3, -0.25) is 4.79 Å². The quantitative estimate of drug-likeness (QED) is 0.849. The highest BCUT2D eigenvalue weighted by Gasteiger charge is 2.32. The number of amides is 1. The van der Waals surface area contributed by atoms with Gasteiger partial charge in [0.25, 0.3) is 0 Å². The first-order chi connectivity index (χ1) is 10.5. The van der Waals surface area contributed by atoms with Crippen LogP contribution < -0.4 is 5.32 Å². The van der Waals surface area contributed by atoms with Gasteiger partial charge in [-0.15, -0.1) is 0 Å². The van der Waals surface area contributed by atoms with E-state index in [9.17, 15) is 18.0 Å². The molecule has 0 unspecified atom stereocenters. The molecule has 0 saturated carbocycles. The Labute approximate surface area is 126 Å². The predicted octanol–water partition coefficient (Wildman–Crippen LogP) is 2.70. The Morgan fingerprint density at radius 2 is 2.09 bits per heavy atom. The molecular formula is C14H19F3N4O. The highest BCUT2D eigenvalue weighted by molar-refractivity contribution is 5.76. The largest absolute Gasteiger partial charge is 0.433 e. The summed E-state index contributed by atoms with van der Waals surface area (Å²) in [5.74, 6) is 0.116. The Hall–Kier alpha value is -1.86. The average Bonchev–Trinajstić information content (AvgIpc) is 2.68. The molecule has 1 N–H and O–H groups in total. The number of alkyl halides is 3. The minimum atomic E-state index is -4.47. The molecule has 22 heavy (non-hydrogen) atoms. The lowest BCUT2D eigenvalue weighted by molar-refractivity contribution is -0.141. The van der Waals surface area contributed by atoms with Crippen LogP contribution in [0.5, 0.6) is 0 Å². The molecule has 1 fully saturated rings. The highest BCUT2D eigenvalue weighted by Crippen LogP contribution is 2.27. The molecule has 1 aliphatic heterocycles. The van der Waals surface area contributed by atoms with Crippen molar-refractivity contribution in [3.8, 4) is 0 Å². The number of nitrogens with zero attached hydrogens (tertiary/aromatic N) is 3. The summed E-state index contributed by atoms with van der Waals surface area (Å²) in [5.41, 5.74) is -0.965. The average molecular weight is 316 g/mol. The fraction of sp³-hybridized carbons (Fsp3) is 0.643. The maximum Gasteiger partial charge on any atom is 0.433 e. The third-order valence-corrected chi connectivity index (χ3v) is 3.51. The molecule has 0 spiro atoms. The number of halogens is 3. The van der Waals surface area contributed by atoms with Crippen molar-refractivity contribution in [2.24, 2.45) is 0 Å². The van der Waals surface area contributed by atoms with Gasteiger partial charge in [-0.2, -0.15) is 13.2 Å². The summed E-state index contributed by atoms with van der Waals surface area (Å²) in [6.07, 6.45) is 0.851. The third kappa shape index (κ3) is 4.85. The zero-order chi connectivity index (χ0) is 16.0. The molecule has 2 heterocycles. The summed E-state index contributed by atoms with van der Waals surface area (Å²) in [7, 11) is 0. The Morgan fingerprint density at radius 1 is 1.27 bits per heavy atom. The van der Waals surface area contributed by atoms with E-state index in [-0.39, 0.29) is 11.9 Å². The van der Waals surface area contributed by atoms with E-state index in [4.69, 9.17) is 0 Å². The van der Waals surface area contributed by atoms with Crippen molar-refractivity contribution in [3.05, 3.63) is 18.0 Å². The molecule has 0 bridgehead atoms. The highest BCUT2D eigenvalue weighted by atomic mass is 19.4. The van der Waals surface area contributed by atoms with E-state index in [1.165, 1.54) is 0 Å². The Kier molecular flexibility index (Phi) is 5.57. The van der Waals surface area contributed by atoms with Crippen LogP contribution in [0.2, 0.25) is 0 Å². The molecule has 0 aromatic carbocycles. The van der Waals surface area contributed by atoms with Crippen LogP contribution in [0, 0.1) is 0 Å². The van der Waals surface area contributed by atoms with E-state index in [0.29, 0.717) is 25.9 Å². The molecule has 122 valence electrons. The number of aromatic nitrogens is 2. The standard InChI is InChI=1S/C14H19F3N4O/c15-14(16,17)11-6-8-19-13(20-11)18-7-4-10-21-9-3-1-2-5-12(21)22/h6,8H,1-5,7,9-10H2,(H,18,19,20). The first-order valence-corrected chi connectivity index (χ1v) is 7.39. The number of anilines is 1. The van der Waals surface area contributed by atoms with Crippen molar-refractivity contribution in [2.45, 2.75) is 38.3 Å². The van der Waals surface area contributed by atoms with Gasteiger partial charge in [0.05, 0.1) is 0 Å². The monoisotopic (exact) mass is 316 g/mol. The van der Waals surface area contributed by atoms with Crippen LogP contribution in [0.4, 0.5) is 19.1 Å². The summed E-state index contributed by atoms with van der Waals surface area (Å²) < 4.78 is 37.6. The molecule has 0 radical (unpaired) electrons. The van der Waals surface area contributed by atoms with Crippen molar-refractivity contribution in [2.75, 3.05) is 25.0 Å². The van der Waals surface area contributed by atoms with Crippen molar-refractivity contribution in [1.29, 1.82) is 0 Å².